The molecule has 0 fully saturated rings. The van der Waals surface area contributed by atoms with Crippen LogP contribution in [0.2, 0.25) is 19.6 Å². The summed E-state index contributed by atoms with van der Waals surface area (Å²) < 4.78 is 12.0. The molecule has 134 valence electrons. The third-order valence-electron chi connectivity index (χ3n) is 4.12. The largest absolute Gasteiger partial charge is 0.544 e. The predicted molar refractivity (Wildman–Crippen MR) is 102 cm³/mol. The first-order chi connectivity index (χ1) is 11.6. The number of para-hydroxylation sites is 1. The Labute approximate surface area is 151 Å². The molecular formula is C20H27NO3Si. The fraction of sp³-hybridized carbons (Fsp3) is 0.450. The molecule has 1 aliphatic rings. The number of hydrogen-bond donors (Lipinski definition) is 1. The number of benzene rings is 1. The van der Waals surface area contributed by atoms with Crippen LogP contribution in [-0.4, -0.2) is 25.6 Å². The Kier molecular flexibility index (Phi) is 5.76. The maximum absolute atomic E-state index is 11.2. The lowest BCUT2D eigenvalue weighted by Crippen LogP contribution is -2.43. The summed E-state index contributed by atoms with van der Waals surface area (Å²) in [7, 11) is -1.79. The van der Waals surface area contributed by atoms with E-state index < -0.39 is 13.9 Å². The first-order valence-electron chi connectivity index (χ1n) is 8.53. The Morgan fingerprint density at radius 2 is 1.88 bits per heavy atom. The van der Waals surface area contributed by atoms with E-state index in [0.717, 1.165) is 16.9 Å². The van der Waals surface area contributed by atoms with Crippen LogP contribution in [0, 0.1) is 31.1 Å². The van der Waals surface area contributed by atoms with E-state index in [2.05, 4.69) is 25.7 Å². The van der Waals surface area contributed by atoms with Gasteiger partial charge in [-0.3, -0.25) is 0 Å². The molecule has 2 atom stereocenters. The van der Waals surface area contributed by atoms with Gasteiger partial charge in [0.2, 0.25) is 8.32 Å². The van der Waals surface area contributed by atoms with E-state index in [-0.39, 0.29) is 18.9 Å². The summed E-state index contributed by atoms with van der Waals surface area (Å²) >= 11 is 0. The van der Waals surface area contributed by atoms with Crippen LogP contribution >= 0.6 is 0 Å². The molecule has 1 aliphatic carbocycles. The second-order valence-corrected chi connectivity index (χ2v) is 12.0. The number of rotatable bonds is 6. The highest BCUT2D eigenvalue weighted by molar-refractivity contribution is 6.70. The molecule has 1 aromatic carbocycles. The third-order valence-corrected chi connectivity index (χ3v) is 4.97. The molecule has 2 unspecified atom stereocenters. The lowest BCUT2D eigenvalue weighted by molar-refractivity contribution is 0.0000174. The number of aliphatic hydroxyl groups is 1. The Balaban J connectivity index is 2.25. The van der Waals surface area contributed by atoms with Gasteiger partial charge in [-0.25, -0.2) is 0 Å². The fourth-order valence-electron chi connectivity index (χ4n) is 2.90. The smallest absolute Gasteiger partial charge is 0.242 e. The molecule has 0 aromatic heterocycles. The molecule has 0 aliphatic heterocycles. The summed E-state index contributed by atoms with van der Waals surface area (Å²) in [6.45, 7) is 10.3. The highest BCUT2D eigenvalue weighted by Crippen LogP contribution is 2.33. The van der Waals surface area contributed by atoms with E-state index in [0.29, 0.717) is 5.76 Å². The molecule has 2 rings (SSSR count). The zero-order chi connectivity index (χ0) is 18.7. The normalized spacial score (nSPS) is 22.9. The van der Waals surface area contributed by atoms with Gasteiger partial charge in [-0.1, -0.05) is 24.3 Å². The van der Waals surface area contributed by atoms with Crippen molar-refractivity contribution in [2.45, 2.75) is 45.5 Å². The predicted octanol–water partition coefficient (Wildman–Crippen LogP) is 4.25. The van der Waals surface area contributed by atoms with E-state index in [1.807, 2.05) is 44.2 Å². The van der Waals surface area contributed by atoms with Crippen LogP contribution in [0.15, 0.2) is 42.2 Å². The van der Waals surface area contributed by atoms with Crippen LogP contribution in [0.5, 0.6) is 5.75 Å². The van der Waals surface area contributed by atoms with Crippen molar-refractivity contribution < 1.29 is 14.3 Å². The van der Waals surface area contributed by atoms with Crippen molar-refractivity contribution in [3.05, 3.63) is 53.3 Å². The molecule has 1 N–H and O–H groups in total. The van der Waals surface area contributed by atoms with E-state index >= 15 is 0 Å². The lowest BCUT2D eigenvalue weighted by atomic mass is 9.82. The second-order valence-electron chi connectivity index (χ2n) is 7.59. The zero-order valence-electron chi connectivity index (χ0n) is 15.7. The molecule has 0 saturated heterocycles. The second kappa shape index (κ2) is 7.47. The van der Waals surface area contributed by atoms with Crippen LogP contribution in [0.4, 0.5) is 0 Å². The minimum atomic E-state index is -1.79. The van der Waals surface area contributed by atoms with E-state index in [9.17, 15) is 5.11 Å². The van der Waals surface area contributed by atoms with Crippen LogP contribution in [0.1, 0.15) is 17.5 Å². The summed E-state index contributed by atoms with van der Waals surface area (Å²) in [5.41, 5.74) is 0.775. The Morgan fingerprint density at radius 3 is 2.44 bits per heavy atom. The Bertz CT molecular complexity index is 707. The summed E-state index contributed by atoms with van der Waals surface area (Å²) in [5, 5.41) is 20.3. The van der Waals surface area contributed by atoms with E-state index in [4.69, 9.17) is 14.4 Å². The molecule has 0 radical (unpaired) electrons. The van der Waals surface area contributed by atoms with Crippen molar-refractivity contribution in [1.82, 2.24) is 0 Å². The third kappa shape index (κ3) is 4.97. The zero-order valence-corrected chi connectivity index (χ0v) is 16.7. The first-order valence-corrected chi connectivity index (χ1v) is 11.9. The molecule has 0 bridgehead atoms. The van der Waals surface area contributed by atoms with Gasteiger partial charge in [0.15, 0.2) is 0 Å². The SMILES string of the molecule is Cc1cccc(C)c1OCC1(O)C=C(O[Si](C)(C)C)C=CC1CC#N. The molecule has 0 spiro atoms. The first kappa shape index (κ1) is 19.3. The maximum Gasteiger partial charge on any atom is 0.242 e. The van der Waals surface area contributed by atoms with Gasteiger partial charge in [-0.2, -0.15) is 5.26 Å². The van der Waals surface area contributed by atoms with Crippen molar-refractivity contribution in [1.29, 1.82) is 5.26 Å². The number of aryl methyl sites for hydroxylation is 2. The van der Waals surface area contributed by atoms with Crippen molar-refractivity contribution in [3.8, 4) is 11.8 Å². The maximum atomic E-state index is 11.2. The molecule has 0 amide bonds. The standard InChI is InChI=1S/C20H27NO3Si/c1-15-7-6-8-16(2)19(15)23-14-20(22)13-18(24-25(3,4)5)10-9-17(20)11-12-21/h6-10,13,17,22H,11,14H2,1-5H3. The van der Waals surface area contributed by atoms with Gasteiger partial charge in [0.25, 0.3) is 0 Å². The molecule has 25 heavy (non-hydrogen) atoms. The Morgan fingerprint density at radius 1 is 1.24 bits per heavy atom. The minimum absolute atomic E-state index is 0.0773. The quantitative estimate of drug-likeness (QED) is 0.773. The molecular weight excluding hydrogens is 330 g/mol. The van der Waals surface area contributed by atoms with Gasteiger partial charge in [0, 0.05) is 12.3 Å². The summed E-state index contributed by atoms with van der Waals surface area (Å²) in [5.74, 6) is 1.11. The van der Waals surface area contributed by atoms with Crippen molar-refractivity contribution >= 4 is 8.32 Å². The summed E-state index contributed by atoms with van der Waals surface area (Å²) in [4.78, 5) is 0. The average Bonchev–Trinajstić information content (AvgIpc) is 2.48. The van der Waals surface area contributed by atoms with Gasteiger partial charge in [-0.05, 0) is 56.8 Å². The van der Waals surface area contributed by atoms with E-state index in [1.165, 1.54) is 0 Å². The van der Waals surface area contributed by atoms with Gasteiger partial charge >= 0.3 is 0 Å². The molecule has 0 heterocycles. The van der Waals surface area contributed by atoms with Crippen LogP contribution in [-0.2, 0) is 4.43 Å². The van der Waals surface area contributed by atoms with E-state index in [1.54, 1.807) is 6.08 Å². The van der Waals surface area contributed by atoms with Crippen LogP contribution in [0.25, 0.3) is 0 Å². The highest BCUT2D eigenvalue weighted by Gasteiger charge is 2.38. The minimum Gasteiger partial charge on any atom is -0.544 e. The van der Waals surface area contributed by atoms with Gasteiger partial charge in [0.05, 0.1) is 6.07 Å². The summed E-state index contributed by atoms with van der Waals surface area (Å²) in [6.07, 6.45) is 5.64. The van der Waals surface area contributed by atoms with Crippen LogP contribution < -0.4 is 4.74 Å². The van der Waals surface area contributed by atoms with Crippen LogP contribution in [0.3, 0.4) is 0 Å². The number of allylic oxidation sites excluding steroid dienone is 1. The number of nitriles is 1. The Hall–Kier alpha value is -2.03. The average molecular weight is 358 g/mol. The summed E-state index contributed by atoms with van der Waals surface area (Å²) in [6, 6.07) is 8.09. The van der Waals surface area contributed by atoms with Crippen molar-refractivity contribution in [2.75, 3.05) is 6.61 Å². The highest BCUT2D eigenvalue weighted by atomic mass is 28.4. The van der Waals surface area contributed by atoms with Crippen molar-refractivity contribution in [2.24, 2.45) is 5.92 Å². The van der Waals surface area contributed by atoms with Gasteiger partial charge in [0.1, 0.15) is 23.7 Å². The lowest BCUT2D eigenvalue weighted by Gasteiger charge is -2.35. The number of ether oxygens (including phenoxy) is 1. The van der Waals surface area contributed by atoms with Gasteiger partial charge in [-0.15, -0.1) is 0 Å². The van der Waals surface area contributed by atoms with Crippen molar-refractivity contribution in [3.63, 3.8) is 0 Å². The molecule has 1 aromatic rings. The molecule has 4 nitrogen and oxygen atoms in total. The topological polar surface area (TPSA) is 62.5 Å². The molecule has 5 heteroatoms. The number of hydrogen-bond acceptors (Lipinski definition) is 4. The fourth-order valence-corrected chi connectivity index (χ4v) is 3.74. The number of nitrogens with zero attached hydrogens (tertiary/aromatic N) is 1. The molecule has 0 saturated carbocycles. The monoisotopic (exact) mass is 357 g/mol. The van der Waals surface area contributed by atoms with Gasteiger partial charge < -0.3 is 14.3 Å².